The van der Waals surface area contributed by atoms with Crippen molar-refractivity contribution < 1.29 is 4.57 Å². The van der Waals surface area contributed by atoms with Crippen LogP contribution >= 0.6 is 23.1 Å². The number of aryl methyl sites for hydroxylation is 3. The molecule has 0 bridgehead atoms. The molecule has 69 heavy (non-hydrogen) atoms. The van der Waals surface area contributed by atoms with E-state index in [1.807, 2.05) is 23.1 Å². The molecule has 1 aliphatic heterocycles. The van der Waals surface area contributed by atoms with E-state index < -0.39 is 0 Å². The van der Waals surface area contributed by atoms with Gasteiger partial charge in [-0.3, -0.25) is 0 Å². The molecule has 8 aromatic carbocycles. The minimum absolute atomic E-state index is 0.130. The summed E-state index contributed by atoms with van der Waals surface area (Å²) in [7, 11) is 0. The summed E-state index contributed by atoms with van der Waals surface area (Å²) in [6.07, 6.45) is 15.3. The van der Waals surface area contributed by atoms with E-state index in [0.29, 0.717) is 6.04 Å². The molecule has 1 aliphatic carbocycles. The van der Waals surface area contributed by atoms with Crippen molar-refractivity contribution in [1.29, 1.82) is 0 Å². The molecule has 2 nitrogen and oxygen atoms in total. The monoisotopic (exact) mass is 935 g/mol. The average Bonchev–Trinajstić information content (AvgIpc) is 3.94. The maximum atomic E-state index is 2.66. The predicted molar refractivity (Wildman–Crippen MR) is 303 cm³/mol. The molecule has 11 rings (SSSR count). The van der Waals surface area contributed by atoms with Crippen molar-refractivity contribution in [1.82, 2.24) is 0 Å². The fourth-order valence-electron chi connectivity index (χ4n) is 11.9. The zero-order valence-corrected chi connectivity index (χ0v) is 43.6. The van der Waals surface area contributed by atoms with E-state index in [0.717, 1.165) is 19.3 Å². The fraction of sp³-hybridized carbons (Fsp3) is 0.246. The van der Waals surface area contributed by atoms with Gasteiger partial charge in [0, 0.05) is 34.4 Å². The number of thiazole rings is 1. The molecule has 0 fully saturated rings. The zero-order chi connectivity index (χ0) is 47.9. The van der Waals surface area contributed by atoms with Crippen LogP contribution in [-0.4, -0.2) is 6.04 Å². The molecule has 344 valence electrons. The molecule has 0 amide bonds. The van der Waals surface area contributed by atoms with Crippen LogP contribution in [0.2, 0.25) is 0 Å². The summed E-state index contributed by atoms with van der Waals surface area (Å²) in [5.74, 6) is 0. The fourth-order valence-corrected chi connectivity index (χ4v) is 14.6. The standard InChI is InChI=1S/C65H63N2S2/c1-11-42(6)67-56(69-64-54-27-19-17-25-52(54)60(44(8)62(64)67)58-41(5)29-33-48-21-13-15-23-50(48)58)35-31-46-36-45(37-65(9,10)38-46)30-34-55-66(39(2)3)61-43(7)59(51-24-16-18-26-53(51)63(61)68-55)57-40(4)28-32-47-20-12-14-22-49(47)57/h12-36,39,42H,11,37-38H2,1-10H3/q+1. The Morgan fingerprint density at radius 3 is 1.77 bits per heavy atom. The normalized spacial score (nSPS) is 16.7. The maximum Gasteiger partial charge on any atom is 0.262 e. The van der Waals surface area contributed by atoms with Crippen molar-refractivity contribution in [2.24, 2.45) is 5.41 Å². The number of rotatable bonds is 8. The molecule has 1 atom stereocenters. The lowest BCUT2D eigenvalue weighted by Gasteiger charge is -2.30. The van der Waals surface area contributed by atoms with E-state index in [-0.39, 0.29) is 11.5 Å². The van der Waals surface area contributed by atoms with Crippen molar-refractivity contribution in [3.63, 3.8) is 0 Å². The number of hydrogen-bond acceptors (Lipinski definition) is 3. The first-order valence-electron chi connectivity index (χ1n) is 25.0. The molecule has 2 heterocycles. The number of allylic oxidation sites excluding steroid dienone is 6. The Balaban J connectivity index is 1.01. The number of nitrogens with zero attached hydrogens (tertiary/aromatic N) is 2. The lowest BCUT2D eigenvalue weighted by molar-refractivity contribution is -0.693. The minimum Gasteiger partial charge on any atom is -0.332 e. The number of thioether (sulfide) groups is 1. The lowest BCUT2D eigenvalue weighted by Crippen LogP contribution is -2.39. The Kier molecular flexibility index (Phi) is 11.6. The third-order valence-corrected chi connectivity index (χ3v) is 17.4. The highest BCUT2D eigenvalue weighted by atomic mass is 32.2. The second-order valence-electron chi connectivity index (χ2n) is 20.9. The Morgan fingerprint density at radius 1 is 0.609 bits per heavy atom. The molecule has 0 saturated carbocycles. The Morgan fingerprint density at radius 2 is 1.16 bits per heavy atom. The largest absolute Gasteiger partial charge is 0.332 e. The quantitative estimate of drug-likeness (QED) is 0.140. The van der Waals surface area contributed by atoms with Crippen LogP contribution in [0.4, 0.5) is 5.69 Å². The molecule has 0 N–H and O–H groups in total. The third kappa shape index (κ3) is 7.67. The number of aromatic nitrogens is 1. The van der Waals surface area contributed by atoms with Crippen LogP contribution in [0.1, 0.15) is 94.1 Å². The van der Waals surface area contributed by atoms with Gasteiger partial charge in [0.05, 0.1) is 10.7 Å². The number of fused-ring (bicyclic) bond motifs is 8. The molecule has 9 aromatic rings. The Hall–Kier alpha value is -6.20. The summed E-state index contributed by atoms with van der Waals surface area (Å²) in [5.41, 5.74) is 16.4. The van der Waals surface area contributed by atoms with Crippen molar-refractivity contribution >= 4 is 88.2 Å². The highest BCUT2D eigenvalue weighted by Crippen LogP contribution is 2.56. The number of benzene rings is 8. The van der Waals surface area contributed by atoms with Gasteiger partial charge in [0.15, 0.2) is 6.04 Å². The molecule has 4 heteroatoms. The Bertz CT molecular complexity index is 3700. The van der Waals surface area contributed by atoms with Gasteiger partial charge in [0.1, 0.15) is 4.70 Å². The van der Waals surface area contributed by atoms with Gasteiger partial charge >= 0.3 is 0 Å². The smallest absolute Gasteiger partial charge is 0.262 e. The highest BCUT2D eigenvalue weighted by molar-refractivity contribution is 8.04. The topological polar surface area (TPSA) is 7.12 Å². The summed E-state index contributed by atoms with van der Waals surface area (Å²) < 4.78 is 4.04. The van der Waals surface area contributed by atoms with Crippen molar-refractivity contribution in [3.05, 3.63) is 189 Å². The first-order valence-corrected chi connectivity index (χ1v) is 26.7. The molecule has 1 aromatic heterocycles. The second-order valence-corrected chi connectivity index (χ2v) is 22.9. The van der Waals surface area contributed by atoms with Gasteiger partial charge < -0.3 is 4.90 Å². The van der Waals surface area contributed by atoms with E-state index in [4.69, 9.17) is 0 Å². The van der Waals surface area contributed by atoms with Gasteiger partial charge in [-0.1, -0.05) is 183 Å². The van der Waals surface area contributed by atoms with Gasteiger partial charge in [-0.25, -0.2) is 0 Å². The van der Waals surface area contributed by atoms with Crippen LogP contribution in [0.3, 0.4) is 0 Å². The average molecular weight is 936 g/mol. The van der Waals surface area contributed by atoms with Crippen LogP contribution in [0.15, 0.2) is 167 Å². The SMILES string of the molecule is CCC(C)[n+]1c(C=CC2=CC(=CC=C3Sc4c(c(C)c(-c5c(C)ccc6ccccc56)c5ccccc45)N3C(C)C)CC(C)(C)C2)sc2c3ccccc3c(-c3c(C)ccc4ccccc34)c(C)c21. The van der Waals surface area contributed by atoms with E-state index in [9.17, 15) is 0 Å². The second kappa shape index (κ2) is 17.6. The molecule has 0 saturated heterocycles. The van der Waals surface area contributed by atoms with E-state index >= 15 is 0 Å². The third-order valence-electron chi connectivity index (χ3n) is 15.1. The molecule has 0 spiro atoms. The highest BCUT2D eigenvalue weighted by Gasteiger charge is 2.34. The van der Waals surface area contributed by atoms with Gasteiger partial charge in [-0.05, 0) is 161 Å². The van der Waals surface area contributed by atoms with Gasteiger partial charge in [0.25, 0.3) is 5.01 Å². The van der Waals surface area contributed by atoms with Crippen molar-refractivity contribution in [2.75, 3.05) is 4.90 Å². The van der Waals surface area contributed by atoms with E-state index in [1.54, 1.807) is 0 Å². The summed E-state index contributed by atoms with van der Waals surface area (Å²) >= 11 is 3.90. The summed E-state index contributed by atoms with van der Waals surface area (Å²) in [6.45, 7) is 23.6. The Labute approximate surface area is 417 Å². The molecule has 2 aliphatic rings. The molecule has 1 unspecified atom stereocenters. The van der Waals surface area contributed by atoms with Crippen LogP contribution in [0.25, 0.3) is 81.6 Å². The van der Waals surface area contributed by atoms with Gasteiger partial charge in [-0.15, -0.1) is 0 Å². The maximum absolute atomic E-state index is 2.66. The lowest BCUT2D eigenvalue weighted by atomic mass is 9.75. The minimum atomic E-state index is 0.130. The van der Waals surface area contributed by atoms with Crippen LogP contribution in [-0.2, 0) is 0 Å². The van der Waals surface area contributed by atoms with Crippen LogP contribution < -0.4 is 9.47 Å². The number of hydrogen-bond donors (Lipinski definition) is 0. The number of anilines is 1. The first kappa shape index (κ1) is 45.3. The summed E-state index contributed by atoms with van der Waals surface area (Å²) in [4.78, 5) is 3.97. The predicted octanol–water partition coefficient (Wildman–Crippen LogP) is 18.9. The molecular weight excluding hydrogens is 873 g/mol. The van der Waals surface area contributed by atoms with Crippen LogP contribution in [0, 0.1) is 33.1 Å². The molecule has 0 radical (unpaired) electrons. The van der Waals surface area contributed by atoms with Gasteiger partial charge in [-0.2, -0.15) is 4.57 Å². The first-order chi connectivity index (χ1) is 33.3. The summed E-state index contributed by atoms with van der Waals surface area (Å²) in [6, 6.07) is 45.8. The van der Waals surface area contributed by atoms with Crippen LogP contribution in [0.5, 0.6) is 0 Å². The van der Waals surface area contributed by atoms with E-state index in [2.05, 4.69) is 230 Å². The van der Waals surface area contributed by atoms with Crippen molar-refractivity contribution in [3.8, 4) is 22.3 Å². The van der Waals surface area contributed by atoms with Crippen molar-refractivity contribution in [2.45, 2.75) is 105 Å². The molecular formula is C65H63N2S2+. The summed E-state index contributed by atoms with van der Waals surface area (Å²) in [5, 5.41) is 13.1. The van der Waals surface area contributed by atoms with E-state index in [1.165, 1.54) is 130 Å². The van der Waals surface area contributed by atoms with Gasteiger partial charge in [0.2, 0.25) is 5.52 Å². The zero-order valence-electron chi connectivity index (χ0n) is 41.9.